The molecule has 0 spiro atoms. The van der Waals surface area contributed by atoms with Crippen molar-refractivity contribution in [3.05, 3.63) is 36.0 Å². The lowest BCUT2D eigenvalue weighted by atomic mass is 10.1. The molecule has 0 atom stereocenters. The summed E-state index contributed by atoms with van der Waals surface area (Å²) in [6, 6.07) is 7.41. The molecule has 5 heteroatoms. The minimum atomic E-state index is -0.374. The fraction of sp³-hybridized carbons (Fsp3) is 0.375. The predicted molar refractivity (Wildman–Crippen MR) is 81.1 cm³/mol. The number of carbonyl (C=O) groups is 2. The van der Waals surface area contributed by atoms with Crippen LogP contribution >= 0.6 is 0 Å². The van der Waals surface area contributed by atoms with E-state index in [2.05, 4.69) is 4.98 Å². The highest BCUT2D eigenvalue weighted by molar-refractivity contribution is 6.07. The molecule has 0 aliphatic rings. The predicted octanol–water partition coefficient (Wildman–Crippen LogP) is 2.58. The van der Waals surface area contributed by atoms with Crippen molar-refractivity contribution in [3.63, 3.8) is 0 Å². The van der Waals surface area contributed by atoms with Gasteiger partial charge in [-0.15, -0.1) is 0 Å². The molecular formula is C16H20N2O3. The molecule has 1 aromatic heterocycles. The second-order valence-electron chi connectivity index (χ2n) is 4.78. The van der Waals surface area contributed by atoms with E-state index in [1.54, 1.807) is 24.1 Å². The van der Waals surface area contributed by atoms with E-state index < -0.39 is 0 Å². The summed E-state index contributed by atoms with van der Waals surface area (Å²) in [6.07, 6.45) is 2.59. The molecule has 0 aliphatic carbocycles. The van der Waals surface area contributed by atoms with Gasteiger partial charge in [-0.05, 0) is 31.5 Å². The van der Waals surface area contributed by atoms with Crippen LogP contribution in [0.3, 0.4) is 0 Å². The summed E-state index contributed by atoms with van der Waals surface area (Å²) < 4.78 is 4.94. The van der Waals surface area contributed by atoms with Gasteiger partial charge in [0.1, 0.15) is 6.54 Å². The van der Waals surface area contributed by atoms with Crippen LogP contribution in [0.15, 0.2) is 30.5 Å². The van der Waals surface area contributed by atoms with Gasteiger partial charge in [-0.25, -0.2) is 0 Å². The molecule has 1 heterocycles. The first-order valence-corrected chi connectivity index (χ1v) is 7.18. The van der Waals surface area contributed by atoms with Crippen molar-refractivity contribution in [3.8, 4) is 0 Å². The van der Waals surface area contributed by atoms with Gasteiger partial charge in [-0.1, -0.05) is 13.0 Å². The van der Waals surface area contributed by atoms with Gasteiger partial charge < -0.3 is 14.6 Å². The van der Waals surface area contributed by atoms with Gasteiger partial charge >= 0.3 is 5.97 Å². The fourth-order valence-electron chi connectivity index (χ4n) is 2.33. The quantitative estimate of drug-likeness (QED) is 0.831. The zero-order valence-corrected chi connectivity index (χ0v) is 12.4. The highest BCUT2D eigenvalue weighted by Gasteiger charge is 2.20. The van der Waals surface area contributed by atoms with Crippen LogP contribution in [-0.4, -0.2) is 41.5 Å². The van der Waals surface area contributed by atoms with E-state index in [0.717, 1.165) is 17.3 Å². The Morgan fingerprint density at radius 1 is 1.24 bits per heavy atom. The number of H-pyrrole nitrogens is 1. The van der Waals surface area contributed by atoms with Crippen LogP contribution in [0, 0.1) is 0 Å². The number of ether oxygens (including phenoxy) is 1. The molecule has 2 aromatic rings. The van der Waals surface area contributed by atoms with Gasteiger partial charge in [0.2, 0.25) is 0 Å². The molecule has 1 aromatic carbocycles. The number of hydrogen-bond donors (Lipinski definition) is 1. The van der Waals surface area contributed by atoms with Crippen LogP contribution in [0.5, 0.6) is 0 Å². The summed E-state index contributed by atoms with van der Waals surface area (Å²) in [5.41, 5.74) is 1.51. The number of hydrogen-bond acceptors (Lipinski definition) is 3. The smallest absolute Gasteiger partial charge is 0.325 e. The second-order valence-corrected chi connectivity index (χ2v) is 4.78. The van der Waals surface area contributed by atoms with E-state index in [1.807, 2.05) is 25.1 Å². The third-order valence-corrected chi connectivity index (χ3v) is 3.23. The minimum absolute atomic E-state index is 0.0126. The number of aromatic nitrogens is 1. The Morgan fingerprint density at radius 3 is 2.76 bits per heavy atom. The lowest BCUT2D eigenvalue weighted by Gasteiger charge is -2.21. The van der Waals surface area contributed by atoms with Gasteiger partial charge in [0, 0.05) is 29.2 Å². The Bertz CT molecular complexity index is 633. The Labute approximate surface area is 123 Å². The van der Waals surface area contributed by atoms with Gasteiger partial charge in [0.15, 0.2) is 0 Å². The molecule has 5 nitrogen and oxygen atoms in total. The molecule has 0 saturated heterocycles. The number of benzene rings is 1. The maximum Gasteiger partial charge on any atom is 0.325 e. The van der Waals surface area contributed by atoms with Gasteiger partial charge in [0.05, 0.1) is 6.61 Å². The average molecular weight is 288 g/mol. The summed E-state index contributed by atoms with van der Waals surface area (Å²) in [4.78, 5) is 29.0. The molecule has 112 valence electrons. The maximum atomic E-state index is 12.7. The number of fused-ring (bicyclic) bond motifs is 1. The Hall–Kier alpha value is -2.30. The van der Waals surface area contributed by atoms with Gasteiger partial charge in [0.25, 0.3) is 5.91 Å². The molecule has 0 aliphatic heterocycles. The number of rotatable bonds is 6. The Balaban J connectivity index is 2.25. The topological polar surface area (TPSA) is 62.4 Å². The molecule has 21 heavy (non-hydrogen) atoms. The zero-order valence-electron chi connectivity index (χ0n) is 12.4. The van der Waals surface area contributed by atoms with Gasteiger partial charge in [-0.3, -0.25) is 9.59 Å². The molecule has 0 fully saturated rings. The number of esters is 1. The van der Waals surface area contributed by atoms with Crippen molar-refractivity contribution >= 4 is 22.8 Å². The third-order valence-electron chi connectivity index (χ3n) is 3.23. The highest BCUT2D eigenvalue weighted by atomic mass is 16.5. The summed E-state index contributed by atoms with van der Waals surface area (Å²) in [5.74, 6) is -0.518. The molecule has 0 saturated carbocycles. The number of nitrogens with zero attached hydrogens (tertiary/aromatic N) is 1. The van der Waals surface area contributed by atoms with E-state index in [1.165, 1.54) is 0 Å². The normalized spacial score (nSPS) is 10.6. The van der Waals surface area contributed by atoms with E-state index in [-0.39, 0.29) is 18.4 Å². The summed E-state index contributed by atoms with van der Waals surface area (Å²) in [5, 5.41) is 0.868. The largest absolute Gasteiger partial charge is 0.465 e. The molecule has 0 unspecified atom stereocenters. The van der Waals surface area contributed by atoms with Crippen LogP contribution in [0.1, 0.15) is 30.6 Å². The first-order valence-electron chi connectivity index (χ1n) is 7.18. The van der Waals surface area contributed by atoms with Crippen molar-refractivity contribution in [2.24, 2.45) is 0 Å². The molecule has 2 rings (SSSR count). The highest BCUT2D eigenvalue weighted by Crippen LogP contribution is 2.19. The maximum absolute atomic E-state index is 12.7. The molecule has 1 amide bonds. The first kappa shape index (κ1) is 15.1. The Morgan fingerprint density at radius 2 is 2.05 bits per heavy atom. The lowest BCUT2D eigenvalue weighted by molar-refractivity contribution is -0.143. The van der Waals surface area contributed by atoms with E-state index in [4.69, 9.17) is 4.74 Å². The van der Waals surface area contributed by atoms with Crippen molar-refractivity contribution in [1.29, 1.82) is 0 Å². The van der Waals surface area contributed by atoms with E-state index in [0.29, 0.717) is 18.7 Å². The monoisotopic (exact) mass is 288 g/mol. The Kier molecular flexibility index (Phi) is 4.98. The number of nitrogens with one attached hydrogen (secondary N) is 1. The van der Waals surface area contributed by atoms with Crippen molar-refractivity contribution in [1.82, 2.24) is 9.88 Å². The number of amides is 1. The van der Waals surface area contributed by atoms with Crippen LogP contribution in [0.25, 0.3) is 10.9 Å². The van der Waals surface area contributed by atoms with Crippen LogP contribution in [0.4, 0.5) is 0 Å². The third kappa shape index (κ3) is 3.42. The van der Waals surface area contributed by atoms with Crippen molar-refractivity contribution in [2.45, 2.75) is 20.3 Å². The van der Waals surface area contributed by atoms with Crippen molar-refractivity contribution in [2.75, 3.05) is 19.7 Å². The zero-order chi connectivity index (χ0) is 15.2. The second kappa shape index (κ2) is 6.92. The number of carbonyl (C=O) groups excluding carboxylic acids is 2. The van der Waals surface area contributed by atoms with Gasteiger partial charge in [-0.2, -0.15) is 0 Å². The van der Waals surface area contributed by atoms with Crippen molar-refractivity contribution < 1.29 is 14.3 Å². The van der Waals surface area contributed by atoms with Crippen LogP contribution in [0.2, 0.25) is 0 Å². The standard InChI is InChI=1S/C16H20N2O3/c1-3-10-18(11-15(19)21-4-2)16(20)13-6-5-7-14-12(13)8-9-17-14/h5-9,17H,3-4,10-11H2,1-2H3. The summed E-state index contributed by atoms with van der Waals surface area (Å²) in [6.45, 7) is 4.56. The average Bonchev–Trinajstić information content (AvgIpc) is 2.94. The molecule has 0 radical (unpaired) electrons. The molecule has 1 N–H and O–H groups in total. The SMILES string of the molecule is CCCN(CC(=O)OCC)C(=O)c1cccc2[nH]ccc12. The summed E-state index contributed by atoms with van der Waals surface area (Å²) >= 11 is 0. The van der Waals surface area contributed by atoms with E-state index in [9.17, 15) is 9.59 Å². The first-order chi connectivity index (χ1) is 10.2. The molecule has 0 bridgehead atoms. The van der Waals surface area contributed by atoms with Crippen LogP contribution in [-0.2, 0) is 9.53 Å². The summed E-state index contributed by atoms with van der Waals surface area (Å²) in [7, 11) is 0. The minimum Gasteiger partial charge on any atom is -0.465 e. The molecular weight excluding hydrogens is 268 g/mol. The number of aromatic amines is 1. The lowest BCUT2D eigenvalue weighted by Crippen LogP contribution is -2.37. The van der Waals surface area contributed by atoms with Crippen LogP contribution < -0.4 is 0 Å². The fourth-order valence-corrected chi connectivity index (χ4v) is 2.33. The van der Waals surface area contributed by atoms with E-state index >= 15 is 0 Å².